The Labute approximate surface area is 191 Å². The summed E-state index contributed by atoms with van der Waals surface area (Å²) in [7, 11) is 1.97. The van der Waals surface area contributed by atoms with Gasteiger partial charge in [-0.3, -0.25) is 4.68 Å². The third-order valence-corrected chi connectivity index (χ3v) is 6.55. The van der Waals surface area contributed by atoms with E-state index in [1.807, 2.05) is 25.6 Å². The standard InChI is InChI=1S/C24H30BrN3O3/c1-4-31-24(29)23-18(11-8-12-25)17-9-7-10-19-21-16(2)26-27(3)20(21)15-30-14-6-5-13-28(23)22(17)19/h7,9-10H,4-6,8,11-15H2,1-3H3. The third kappa shape index (κ3) is 4.05. The highest BCUT2D eigenvalue weighted by atomic mass is 79.9. The molecule has 1 aliphatic heterocycles. The van der Waals surface area contributed by atoms with E-state index in [4.69, 9.17) is 14.6 Å². The van der Waals surface area contributed by atoms with Crippen molar-refractivity contribution in [1.29, 1.82) is 0 Å². The number of carbonyl (C=O) groups excluding carboxylic acids is 1. The number of nitrogens with zero attached hydrogens (tertiary/aromatic N) is 3. The number of carbonyl (C=O) groups is 1. The molecule has 4 rings (SSSR count). The molecule has 3 heterocycles. The fourth-order valence-corrected chi connectivity index (χ4v) is 4.98. The van der Waals surface area contributed by atoms with Crippen LogP contribution in [0.15, 0.2) is 18.2 Å². The number of esters is 1. The highest BCUT2D eigenvalue weighted by Crippen LogP contribution is 2.39. The second-order valence-electron chi connectivity index (χ2n) is 7.98. The summed E-state index contributed by atoms with van der Waals surface area (Å²) in [6, 6.07) is 6.38. The quantitative estimate of drug-likeness (QED) is 0.368. The lowest BCUT2D eigenvalue weighted by Gasteiger charge is -2.13. The SMILES string of the molecule is CCOC(=O)c1c(CCCBr)c2cccc3c2n1CCCCOCc1c-3c(C)nn1C. The van der Waals surface area contributed by atoms with Crippen LogP contribution < -0.4 is 0 Å². The molecule has 7 heteroatoms. The first kappa shape index (κ1) is 22.1. The first-order valence-electron chi connectivity index (χ1n) is 11.1. The molecule has 2 aromatic heterocycles. The number of alkyl halides is 1. The van der Waals surface area contributed by atoms with E-state index in [0.717, 1.165) is 76.5 Å². The van der Waals surface area contributed by atoms with Gasteiger partial charge in [0.05, 0.1) is 30.1 Å². The van der Waals surface area contributed by atoms with Crippen LogP contribution in [0.2, 0.25) is 0 Å². The number of halogens is 1. The van der Waals surface area contributed by atoms with E-state index >= 15 is 0 Å². The molecule has 1 aromatic carbocycles. The van der Waals surface area contributed by atoms with Crippen molar-refractivity contribution in [3.05, 3.63) is 40.8 Å². The smallest absolute Gasteiger partial charge is 0.355 e. The monoisotopic (exact) mass is 487 g/mol. The maximum atomic E-state index is 13.2. The second kappa shape index (κ2) is 9.57. The van der Waals surface area contributed by atoms with Gasteiger partial charge >= 0.3 is 5.97 Å². The number of hydrogen-bond acceptors (Lipinski definition) is 4. The molecule has 0 N–H and O–H groups in total. The van der Waals surface area contributed by atoms with E-state index in [-0.39, 0.29) is 5.97 Å². The van der Waals surface area contributed by atoms with Crippen molar-refractivity contribution in [2.45, 2.75) is 52.7 Å². The zero-order chi connectivity index (χ0) is 22.0. The Bertz CT molecular complexity index is 1100. The highest BCUT2D eigenvalue weighted by Gasteiger charge is 2.27. The van der Waals surface area contributed by atoms with E-state index in [1.165, 1.54) is 0 Å². The first-order chi connectivity index (χ1) is 15.1. The molecule has 0 saturated carbocycles. The summed E-state index contributed by atoms with van der Waals surface area (Å²) < 4.78 is 15.6. The lowest BCUT2D eigenvalue weighted by molar-refractivity contribution is 0.0512. The largest absolute Gasteiger partial charge is 0.461 e. The Morgan fingerprint density at radius 3 is 2.94 bits per heavy atom. The molecule has 1 aliphatic rings. The minimum Gasteiger partial charge on any atom is -0.461 e. The minimum atomic E-state index is -0.233. The predicted octanol–water partition coefficient (Wildman–Crippen LogP) is 5.16. The van der Waals surface area contributed by atoms with Gasteiger partial charge in [-0.15, -0.1) is 0 Å². The van der Waals surface area contributed by atoms with Gasteiger partial charge in [0.2, 0.25) is 0 Å². The summed E-state index contributed by atoms with van der Waals surface area (Å²) in [5.74, 6) is -0.233. The van der Waals surface area contributed by atoms with Crippen molar-refractivity contribution in [2.24, 2.45) is 7.05 Å². The molecule has 6 nitrogen and oxygen atoms in total. The summed E-state index contributed by atoms with van der Waals surface area (Å²) in [6.45, 7) is 6.25. The van der Waals surface area contributed by atoms with Crippen molar-refractivity contribution in [3.8, 4) is 11.1 Å². The molecule has 0 fully saturated rings. The van der Waals surface area contributed by atoms with Crippen LogP contribution in [-0.2, 0) is 36.1 Å². The maximum Gasteiger partial charge on any atom is 0.355 e. The molecule has 0 unspecified atom stereocenters. The van der Waals surface area contributed by atoms with E-state index in [2.05, 4.69) is 38.7 Å². The average Bonchev–Trinajstić information content (AvgIpc) is 3.20. The number of ether oxygens (including phenoxy) is 2. The number of aromatic nitrogens is 3. The molecule has 0 amide bonds. The zero-order valence-corrected chi connectivity index (χ0v) is 20.1. The van der Waals surface area contributed by atoms with Crippen LogP contribution in [0.5, 0.6) is 0 Å². The highest BCUT2D eigenvalue weighted by molar-refractivity contribution is 9.09. The van der Waals surface area contributed by atoms with E-state index < -0.39 is 0 Å². The van der Waals surface area contributed by atoms with Crippen molar-refractivity contribution in [1.82, 2.24) is 14.3 Å². The van der Waals surface area contributed by atoms with Gasteiger partial charge in [-0.25, -0.2) is 4.79 Å². The van der Waals surface area contributed by atoms with Gasteiger partial charge in [0.1, 0.15) is 5.69 Å². The molecule has 0 saturated heterocycles. The third-order valence-electron chi connectivity index (χ3n) is 5.99. The number of hydrogen-bond donors (Lipinski definition) is 0. The Kier molecular flexibility index (Phi) is 6.82. The van der Waals surface area contributed by atoms with Crippen LogP contribution in [0.4, 0.5) is 0 Å². The van der Waals surface area contributed by atoms with Crippen LogP contribution in [-0.4, -0.2) is 38.9 Å². The van der Waals surface area contributed by atoms with Crippen LogP contribution in [0.25, 0.3) is 22.0 Å². The van der Waals surface area contributed by atoms with Crippen LogP contribution in [0, 0.1) is 6.92 Å². The zero-order valence-electron chi connectivity index (χ0n) is 18.5. The molecular weight excluding hydrogens is 458 g/mol. The predicted molar refractivity (Wildman–Crippen MR) is 126 cm³/mol. The Morgan fingerprint density at radius 2 is 2.16 bits per heavy atom. The Hall–Kier alpha value is -2.12. The van der Waals surface area contributed by atoms with Crippen LogP contribution in [0.3, 0.4) is 0 Å². The number of benzene rings is 1. The molecule has 0 spiro atoms. The van der Waals surface area contributed by atoms with Crippen LogP contribution in [0.1, 0.15) is 53.6 Å². The van der Waals surface area contributed by atoms with E-state index in [9.17, 15) is 4.79 Å². The molecule has 0 atom stereocenters. The van der Waals surface area contributed by atoms with Gasteiger partial charge in [-0.1, -0.05) is 34.1 Å². The maximum absolute atomic E-state index is 13.2. The van der Waals surface area contributed by atoms with Gasteiger partial charge in [0, 0.05) is 42.0 Å². The topological polar surface area (TPSA) is 58.3 Å². The van der Waals surface area contributed by atoms with Gasteiger partial charge in [-0.05, 0) is 45.1 Å². The normalized spacial score (nSPS) is 14.3. The fraction of sp³-hybridized carbons (Fsp3) is 0.500. The number of rotatable bonds is 5. The number of fused-ring (bicyclic) bond motifs is 2. The van der Waals surface area contributed by atoms with Crippen LogP contribution >= 0.6 is 15.9 Å². The van der Waals surface area contributed by atoms with Gasteiger partial charge in [-0.2, -0.15) is 5.10 Å². The number of para-hydroxylation sites is 1. The number of aryl methyl sites for hydroxylation is 4. The first-order valence-corrected chi connectivity index (χ1v) is 12.2. The van der Waals surface area contributed by atoms with E-state index in [1.54, 1.807) is 0 Å². The second-order valence-corrected chi connectivity index (χ2v) is 8.78. The van der Waals surface area contributed by atoms with Crippen molar-refractivity contribution in [3.63, 3.8) is 0 Å². The molecule has 3 aromatic rings. The summed E-state index contributed by atoms with van der Waals surface area (Å²) in [4.78, 5) is 13.2. The fourth-order valence-electron chi connectivity index (χ4n) is 4.70. The van der Waals surface area contributed by atoms with Gasteiger partial charge in [0.15, 0.2) is 0 Å². The summed E-state index contributed by atoms with van der Waals surface area (Å²) in [5.41, 5.74) is 7.16. The summed E-state index contributed by atoms with van der Waals surface area (Å²) >= 11 is 3.55. The van der Waals surface area contributed by atoms with E-state index in [0.29, 0.717) is 25.5 Å². The lowest BCUT2D eigenvalue weighted by atomic mass is 9.98. The van der Waals surface area contributed by atoms with Crippen molar-refractivity contribution >= 4 is 32.8 Å². The molecule has 0 radical (unpaired) electrons. The Balaban J connectivity index is 2.07. The summed E-state index contributed by atoms with van der Waals surface area (Å²) in [6.07, 6.45) is 3.66. The molecular formula is C24H30BrN3O3. The molecule has 0 bridgehead atoms. The van der Waals surface area contributed by atoms with Gasteiger partial charge < -0.3 is 14.0 Å². The van der Waals surface area contributed by atoms with Crippen molar-refractivity contribution in [2.75, 3.05) is 18.5 Å². The molecule has 31 heavy (non-hydrogen) atoms. The lowest BCUT2D eigenvalue weighted by Crippen LogP contribution is -2.15. The Morgan fingerprint density at radius 1 is 1.32 bits per heavy atom. The minimum absolute atomic E-state index is 0.233. The van der Waals surface area contributed by atoms with Gasteiger partial charge in [0.25, 0.3) is 0 Å². The molecule has 166 valence electrons. The summed E-state index contributed by atoms with van der Waals surface area (Å²) in [5, 5.41) is 6.72. The van der Waals surface area contributed by atoms with Crippen molar-refractivity contribution < 1.29 is 14.3 Å². The molecule has 0 aliphatic carbocycles. The average molecular weight is 488 g/mol.